The highest BCUT2D eigenvalue weighted by atomic mass is 19.1. The van der Waals surface area contributed by atoms with Crippen molar-refractivity contribution in [3.63, 3.8) is 0 Å². The van der Waals surface area contributed by atoms with Crippen LogP contribution in [0.2, 0.25) is 0 Å². The highest BCUT2D eigenvalue weighted by Crippen LogP contribution is 2.37. The third-order valence-corrected chi connectivity index (χ3v) is 8.89. The number of fused-ring (bicyclic) bond motifs is 4. The van der Waals surface area contributed by atoms with Crippen LogP contribution in [0.25, 0.3) is 11.0 Å². The average Bonchev–Trinajstić information content (AvgIpc) is 3.39. The van der Waals surface area contributed by atoms with Crippen molar-refractivity contribution >= 4 is 34.4 Å². The van der Waals surface area contributed by atoms with Crippen LogP contribution in [-0.4, -0.2) is 83.9 Å². The van der Waals surface area contributed by atoms with Gasteiger partial charge in [0.15, 0.2) is 5.82 Å². The quantitative estimate of drug-likeness (QED) is 0.270. The standard InChI is InChI=1S/C33H32FN7O5/c1-38-26-7-8-30(46-19-22-4-3-20(15-35)13-24(22)34)37-31(26)40-11-10-39(17-28(40)32(38)42)18-29-36-25-6-5-21(33(43)44-2)14-27(25)41(29)16-23-9-12-45-23/h3-8,13-14,23,28H,9-12,16-19H2,1-2H3/t23-,28?/m0/s1. The number of likely N-dealkylation sites (N-methyl/N-ethyl adjacent to an activating group) is 1. The molecular formula is C33H32FN7O5. The van der Waals surface area contributed by atoms with Crippen LogP contribution < -0.4 is 14.5 Å². The van der Waals surface area contributed by atoms with E-state index in [1.807, 2.05) is 23.1 Å². The van der Waals surface area contributed by atoms with E-state index >= 15 is 0 Å². The maximum absolute atomic E-state index is 14.4. The molecule has 0 saturated carbocycles. The zero-order chi connectivity index (χ0) is 31.9. The van der Waals surface area contributed by atoms with E-state index in [0.29, 0.717) is 61.2 Å². The lowest BCUT2D eigenvalue weighted by atomic mass is 10.1. The lowest BCUT2D eigenvalue weighted by molar-refractivity contribution is -0.120. The van der Waals surface area contributed by atoms with Crippen molar-refractivity contribution in [3.8, 4) is 11.9 Å². The lowest BCUT2D eigenvalue weighted by Crippen LogP contribution is -2.62. The van der Waals surface area contributed by atoms with Crippen LogP contribution in [0.5, 0.6) is 5.88 Å². The van der Waals surface area contributed by atoms with Crippen molar-refractivity contribution in [2.45, 2.75) is 38.3 Å². The van der Waals surface area contributed by atoms with E-state index in [0.717, 1.165) is 29.9 Å². The number of esters is 1. The fraction of sp³-hybridized carbons (Fsp3) is 0.364. The predicted molar refractivity (Wildman–Crippen MR) is 165 cm³/mol. The molecule has 1 unspecified atom stereocenters. The van der Waals surface area contributed by atoms with Crippen LogP contribution in [0, 0.1) is 17.1 Å². The van der Waals surface area contributed by atoms with Crippen molar-refractivity contribution in [2.75, 3.05) is 50.2 Å². The number of carbonyl (C=O) groups is 2. The first-order chi connectivity index (χ1) is 22.3. The monoisotopic (exact) mass is 625 g/mol. The van der Waals surface area contributed by atoms with E-state index in [2.05, 4.69) is 9.47 Å². The van der Waals surface area contributed by atoms with Crippen LogP contribution in [0.1, 0.15) is 33.7 Å². The molecule has 2 fully saturated rings. The molecule has 0 bridgehead atoms. The third-order valence-electron chi connectivity index (χ3n) is 8.89. The number of benzene rings is 2. The summed E-state index contributed by atoms with van der Waals surface area (Å²) in [5.74, 6) is 0.819. The summed E-state index contributed by atoms with van der Waals surface area (Å²) in [5.41, 5.74) is 3.30. The molecule has 2 saturated heterocycles. The van der Waals surface area contributed by atoms with Gasteiger partial charge in [0.2, 0.25) is 5.88 Å². The molecule has 4 aromatic rings. The summed E-state index contributed by atoms with van der Waals surface area (Å²) in [6.45, 7) is 3.48. The lowest BCUT2D eigenvalue weighted by Gasteiger charge is -2.46. The molecule has 2 aromatic carbocycles. The second-order valence-electron chi connectivity index (χ2n) is 11.7. The molecule has 46 heavy (non-hydrogen) atoms. The Hall–Kier alpha value is -5.06. The molecular weight excluding hydrogens is 593 g/mol. The third kappa shape index (κ3) is 5.39. The number of aromatic nitrogens is 3. The van der Waals surface area contributed by atoms with Crippen LogP contribution in [0.3, 0.4) is 0 Å². The van der Waals surface area contributed by atoms with Gasteiger partial charge in [-0.3, -0.25) is 9.69 Å². The van der Waals surface area contributed by atoms with Crippen molar-refractivity contribution in [1.29, 1.82) is 5.26 Å². The minimum atomic E-state index is -0.517. The topological polar surface area (TPSA) is 126 Å². The molecule has 236 valence electrons. The van der Waals surface area contributed by atoms with E-state index in [1.165, 1.54) is 19.2 Å². The zero-order valence-corrected chi connectivity index (χ0v) is 25.5. The fourth-order valence-electron chi connectivity index (χ4n) is 6.23. The van der Waals surface area contributed by atoms with Gasteiger partial charge < -0.3 is 28.6 Å². The number of rotatable bonds is 8. The second kappa shape index (κ2) is 12.0. The molecule has 12 nitrogen and oxygen atoms in total. The Labute approximate surface area is 264 Å². The molecule has 0 spiro atoms. The Kier molecular flexibility index (Phi) is 7.75. The van der Waals surface area contributed by atoms with Crippen LogP contribution in [0.4, 0.5) is 15.9 Å². The molecule has 0 aliphatic carbocycles. The molecule has 2 atom stereocenters. The van der Waals surface area contributed by atoms with E-state index < -0.39 is 17.8 Å². The average molecular weight is 626 g/mol. The minimum Gasteiger partial charge on any atom is -0.473 e. The first-order valence-corrected chi connectivity index (χ1v) is 15.1. The second-order valence-corrected chi connectivity index (χ2v) is 11.7. The molecule has 13 heteroatoms. The predicted octanol–water partition coefficient (Wildman–Crippen LogP) is 3.26. The van der Waals surface area contributed by atoms with Crippen molar-refractivity contribution < 1.29 is 28.2 Å². The Morgan fingerprint density at radius 1 is 1.15 bits per heavy atom. The summed E-state index contributed by atoms with van der Waals surface area (Å²) in [5, 5.41) is 9.00. The number of methoxy groups -OCH3 is 1. The number of piperazine rings is 1. The summed E-state index contributed by atoms with van der Waals surface area (Å²) < 4.78 is 33.0. The van der Waals surface area contributed by atoms with Gasteiger partial charge in [0.05, 0.1) is 60.2 Å². The molecule has 7 rings (SSSR count). The number of halogens is 1. The maximum atomic E-state index is 14.4. The molecule has 1 amide bonds. The number of anilines is 2. The number of carbonyl (C=O) groups excluding carboxylic acids is 2. The number of hydrogen-bond acceptors (Lipinski definition) is 10. The minimum absolute atomic E-state index is 0.0357. The summed E-state index contributed by atoms with van der Waals surface area (Å²) >= 11 is 0. The Bertz CT molecular complexity index is 1880. The number of imidazole rings is 1. The molecule has 0 radical (unpaired) electrons. The Morgan fingerprint density at radius 3 is 2.74 bits per heavy atom. The van der Waals surface area contributed by atoms with Crippen molar-refractivity contribution in [3.05, 3.63) is 76.9 Å². The SMILES string of the molecule is COC(=O)c1ccc2nc(CN3CCN4c5nc(OCc6ccc(C#N)cc6F)ccc5N(C)C(=O)C4C3)n(C[C@@H]3CCO3)c2c1. The summed E-state index contributed by atoms with van der Waals surface area (Å²) in [7, 11) is 3.10. The zero-order valence-electron chi connectivity index (χ0n) is 25.5. The highest BCUT2D eigenvalue weighted by molar-refractivity contribution is 6.04. The number of nitriles is 1. The van der Waals surface area contributed by atoms with Gasteiger partial charge in [-0.1, -0.05) is 6.07 Å². The van der Waals surface area contributed by atoms with E-state index in [4.69, 9.17) is 29.4 Å². The number of nitrogens with zero attached hydrogens (tertiary/aromatic N) is 7. The van der Waals surface area contributed by atoms with Gasteiger partial charge in [0, 0.05) is 44.9 Å². The van der Waals surface area contributed by atoms with Gasteiger partial charge in [0.25, 0.3) is 5.91 Å². The van der Waals surface area contributed by atoms with Gasteiger partial charge in [-0.2, -0.15) is 10.2 Å². The molecule has 2 aromatic heterocycles. The largest absolute Gasteiger partial charge is 0.473 e. The summed E-state index contributed by atoms with van der Waals surface area (Å²) in [6.07, 6.45) is 1.04. The smallest absolute Gasteiger partial charge is 0.337 e. The first-order valence-electron chi connectivity index (χ1n) is 15.1. The van der Waals surface area contributed by atoms with Gasteiger partial charge in [-0.05, 0) is 42.8 Å². The number of amides is 1. The normalized spacial score (nSPS) is 19.3. The Morgan fingerprint density at radius 2 is 2.00 bits per heavy atom. The number of ether oxygens (including phenoxy) is 3. The van der Waals surface area contributed by atoms with E-state index in [1.54, 1.807) is 36.2 Å². The van der Waals surface area contributed by atoms with Crippen LogP contribution in [0.15, 0.2) is 48.5 Å². The summed E-state index contributed by atoms with van der Waals surface area (Å²) in [6, 6.07) is 14.5. The Balaban J connectivity index is 1.11. The molecule has 5 heterocycles. The van der Waals surface area contributed by atoms with Gasteiger partial charge in [0.1, 0.15) is 24.3 Å². The molecule has 3 aliphatic rings. The number of pyridine rings is 1. The van der Waals surface area contributed by atoms with Gasteiger partial charge >= 0.3 is 5.97 Å². The first kappa shape index (κ1) is 29.6. The van der Waals surface area contributed by atoms with E-state index in [-0.39, 0.29) is 24.2 Å². The maximum Gasteiger partial charge on any atom is 0.337 e. The molecule has 3 aliphatic heterocycles. The molecule has 0 N–H and O–H groups in total. The highest BCUT2D eigenvalue weighted by Gasteiger charge is 2.41. The van der Waals surface area contributed by atoms with Gasteiger partial charge in [-0.15, -0.1) is 0 Å². The fourth-order valence-corrected chi connectivity index (χ4v) is 6.23. The van der Waals surface area contributed by atoms with Crippen LogP contribution >= 0.6 is 0 Å². The van der Waals surface area contributed by atoms with Crippen molar-refractivity contribution in [1.82, 2.24) is 19.4 Å². The van der Waals surface area contributed by atoms with Crippen molar-refractivity contribution in [2.24, 2.45) is 0 Å². The van der Waals surface area contributed by atoms with Crippen LogP contribution in [-0.2, 0) is 34.0 Å². The van der Waals surface area contributed by atoms with E-state index in [9.17, 15) is 14.0 Å². The summed E-state index contributed by atoms with van der Waals surface area (Å²) in [4.78, 5) is 41.4. The number of hydrogen-bond donors (Lipinski definition) is 0. The van der Waals surface area contributed by atoms with Gasteiger partial charge in [-0.25, -0.2) is 14.2 Å².